The SMILES string of the molecule is CC(=CC#N)N(C)Cc1ccccc1. The van der Waals surface area contributed by atoms with Crippen LogP contribution in [0.2, 0.25) is 0 Å². The summed E-state index contributed by atoms with van der Waals surface area (Å²) in [6.07, 6.45) is 1.56. The van der Waals surface area contributed by atoms with E-state index < -0.39 is 0 Å². The molecule has 0 unspecified atom stereocenters. The highest BCUT2D eigenvalue weighted by molar-refractivity contribution is 5.17. The van der Waals surface area contributed by atoms with Crippen molar-refractivity contribution >= 4 is 0 Å². The minimum atomic E-state index is 0.838. The van der Waals surface area contributed by atoms with E-state index in [1.54, 1.807) is 6.08 Å². The van der Waals surface area contributed by atoms with E-state index in [1.165, 1.54) is 5.56 Å². The van der Waals surface area contributed by atoms with Crippen molar-refractivity contribution in [1.82, 2.24) is 4.90 Å². The average Bonchev–Trinajstić information content (AvgIpc) is 2.19. The van der Waals surface area contributed by atoms with Gasteiger partial charge in [-0.25, -0.2) is 0 Å². The predicted octanol–water partition coefficient (Wildman–Crippen LogP) is 2.55. The summed E-state index contributed by atoms with van der Waals surface area (Å²) < 4.78 is 0. The smallest absolute Gasteiger partial charge is 0.0930 e. The highest BCUT2D eigenvalue weighted by Gasteiger charge is 1.99. The van der Waals surface area contributed by atoms with Gasteiger partial charge in [0.1, 0.15) is 0 Å². The largest absolute Gasteiger partial charge is 0.373 e. The third-order valence-electron chi connectivity index (χ3n) is 2.14. The first-order valence-electron chi connectivity index (χ1n) is 4.55. The molecule has 0 aliphatic rings. The van der Waals surface area contributed by atoms with Crippen LogP contribution in [0.4, 0.5) is 0 Å². The van der Waals surface area contributed by atoms with Crippen LogP contribution in [0.25, 0.3) is 0 Å². The molecule has 0 saturated heterocycles. The van der Waals surface area contributed by atoms with Gasteiger partial charge in [-0.1, -0.05) is 30.3 Å². The van der Waals surface area contributed by atoms with Gasteiger partial charge in [0.25, 0.3) is 0 Å². The van der Waals surface area contributed by atoms with Gasteiger partial charge in [-0.05, 0) is 12.5 Å². The molecule has 72 valence electrons. The zero-order valence-electron chi connectivity index (χ0n) is 8.57. The Morgan fingerprint density at radius 3 is 2.64 bits per heavy atom. The molecule has 2 heteroatoms. The molecule has 1 aromatic rings. The normalized spacial score (nSPS) is 10.8. The molecule has 0 aromatic heterocycles. The van der Waals surface area contributed by atoms with Gasteiger partial charge in [0.15, 0.2) is 0 Å². The molecule has 1 aromatic carbocycles. The molecule has 1 rings (SSSR count). The van der Waals surface area contributed by atoms with Crippen LogP contribution in [0.15, 0.2) is 42.1 Å². The van der Waals surface area contributed by atoms with Gasteiger partial charge in [-0.2, -0.15) is 5.26 Å². The van der Waals surface area contributed by atoms with E-state index in [0.29, 0.717) is 0 Å². The monoisotopic (exact) mass is 186 g/mol. The molecule has 0 radical (unpaired) electrons. The number of rotatable bonds is 3. The maximum Gasteiger partial charge on any atom is 0.0930 e. The third kappa shape index (κ3) is 2.95. The molecule has 14 heavy (non-hydrogen) atoms. The van der Waals surface area contributed by atoms with Gasteiger partial charge in [-0.15, -0.1) is 0 Å². The number of nitrogens with zero attached hydrogens (tertiary/aromatic N) is 2. The lowest BCUT2D eigenvalue weighted by Gasteiger charge is -2.18. The van der Waals surface area contributed by atoms with Crippen LogP contribution < -0.4 is 0 Å². The molecule has 0 aliphatic carbocycles. The molecule has 0 bridgehead atoms. The second-order valence-corrected chi connectivity index (χ2v) is 3.26. The topological polar surface area (TPSA) is 27.0 Å². The van der Waals surface area contributed by atoms with Gasteiger partial charge in [0, 0.05) is 25.4 Å². The summed E-state index contributed by atoms with van der Waals surface area (Å²) in [7, 11) is 1.98. The summed E-state index contributed by atoms with van der Waals surface area (Å²) in [6.45, 7) is 2.77. The first kappa shape index (κ1) is 10.3. The number of hydrogen-bond donors (Lipinski definition) is 0. The molecule has 2 nitrogen and oxygen atoms in total. The van der Waals surface area contributed by atoms with E-state index in [-0.39, 0.29) is 0 Å². The van der Waals surface area contributed by atoms with E-state index in [1.807, 2.05) is 38.2 Å². The quantitative estimate of drug-likeness (QED) is 0.678. The van der Waals surface area contributed by atoms with Crippen LogP contribution in [0.1, 0.15) is 12.5 Å². The van der Waals surface area contributed by atoms with Crippen molar-refractivity contribution < 1.29 is 0 Å². The van der Waals surface area contributed by atoms with E-state index in [4.69, 9.17) is 5.26 Å². The number of allylic oxidation sites excluding steroid dienone is 2. The van der Waals surface area contributed by atoms with Gasteiger partial charge < -0.3 is 4.90 Å². The van der Waals surface area contributed by atoms with Crippen molar-refractivity contribution in [3.63, 3.8) is 0 Å². The Hall–Kier alpha value is -1.75. The Bertz CT molecular complexity index is 346. The van der Waals surface area contributed by atoms with Crippen LogP contribution in [0.3, 0.4) is 0 Å². The van der Waals surface area contributed by atoms with Crippen molar-refractivity contribution in [3.05, 3.63) is 47.7 Å². The minimum absolute atomic E-state index is 0.838. The summed E-state index contributed by atoms with van der Waals surface area (Å²) in [4.78, 5) is 2.05. The standard InChI is InChI=1S/C12H14N2/c1-11(8-9-13)14(2)10-12-6-4-3-5-7-12/h3-8H,10H2,1-2H3. The van der Waals surface area contributed by atoms with Crippen LogP contribution in [-0.4, -0.2) is 11.9 Å². The molecule has 0 fully saturated rings. The lowest BCUT2D eigenvalue weighted by atomic mass is 10.2. The van der Waals surface area contributed by atoms with Crippen LogP contribution in [0, 0.1) is 11.3 Å². The van der Waals surface area contributed by atoms with Crippen molar-refractivity contribution in [3.8, 4) is 6.07 Å². The fraction of sp³-hybridized carbons (Fsp3) is 0.250. The molecule has 0 spiro atoms. The summed E-state index contributed by atoms with van der Waals surface area (Å²) >= 11 is 0. The number of benzene rings is 1. The zero-order valence-corrected chi connectivity index (χ0v) is 8.57. The molecule has 0 amide bonds. The minimum Gasteiger partial charge on any atom is -0.373 e. The summed E-state index contributed by atoms with van der Waals surface area (Å²) in [5.74, 6) is 0. The first-order valence-corrected chi connectivity index (χ1v) is 4.55. The van der Waals surface area contributed by atoms with Crippen LogP contribution in [-0.2, 0) is 6.54 Å². The molecule has 0 aliphatic heterocycles. The van der Waals surface area contributed by atoms with Crippen LogP contribution >= 0.6 is 0 Å². The van der Waals surface area contributed by atoms with Gasteiger partial charge in [-0.3, -0.25) is 0 Å². The Morgan fingerprint density at radius 2 is 2.07 bits per heavy atom. The number of hydrogen-bond acceptors (Lipinski definition) is 2. The second kappa shape index (κ2) is 5.08. The Morgan fingerprint density at radius 1 is 1.43 bits per heavy atom. The van der Waals surface area contributed by atoms with E-state index in [2.05, 4.69) is 17.0 Å². The molecule has 0 heterocycles. The molecule has 0 saturated carbocycles. The van der Waals surface area contributed by atoms with E-state index >= 15 is 0 Å². The predicted molar refractivity (Wildman–Crippen MR) is 57.3 cm³/mol. The van der Waals surface area contributed by atoms with Gasteiger partial charge >= 0.3 is 0 Å². The fourth-order valence-corrected chi connectivity index (χ4v) is 1.19. The lowest BCUT2D eigenvalue weighted by molar-refractivity contribution is 0.412. The summed E-state index contributed by atoms with van der Waals surface area (Å²) in [6, 6.07) is 12.2. The zero-order chi connectivity index (χ0) is 10.4. The van der Waals surface area contributed by atoms with Gasteiger partial charge in [0.2, 0.25) is 0 Å². The molecular formula is C12H14N2. The van der Waals surface area contributed by atoms with Crippen LogP contribution in [0.5, 0.6) is 0 Å². The summed E-state index contributed by atoms with van der Waals surface area (Å²) in [5.41, 5.74) is 2.23. The highest BCUT2D eigenvalue weighted by Crippen LogP contribution is 2.07. The third-order valence-corrected chi connectivity index (χ3v) is 2.14. The Labute approximate surface area is 85.1 Å². The maximum atomic E-state index is 8.50. The van der Waals surface area contributed by atoms with Crippen molar-refractivity contribution in [2.45, 2.75) is 13.5 Å². The van der Waals surface area contributed by atoms with Crippen molar-refractivity contribution in [2.75, 3.05) is 7.05 Å². The molecule has 0 N–H and O–H groups in total. The number of nitriles is 1. The molecule has 0 atom stereocenters. The van der Waals surface area contributed by atoms with Crippen molar-refractivity contribution in [1.29, 1.82) is 5.26 Å². The summed E-state index contributed by atoms with van der Waals surface area (Å²) in [5, 5.41) is 8.50. The Balaban J connectivity index is 2.63. The lowest BCUT2D eigenvalue weighted by Crippen LogP contribution is -2.15. The second-order valence-electron chi connectivity index (χ2n) is 3.26. The van der Waals surface area contributed by atoms with Crippen molar-refractivity contribution in [2.24, 2.45) is 0 Å². The van der Waals surface area contributed by atoms with E-state index in [0.717, 1.165) is 12.2 Å². The van der Waals surface area contributed by atoms with E-state index in [9.17, 15) is 0 Å². The highest BCUT2D eigenvalue weighted by atomic mass is 15.1. The van der Waals surface area contributed by atoms with Gasteiger partial charge in [0.05, 0.1) is 6.07 Å². The Kier molecular flexibility index (Phi) is 3.75. The average molecular weight is 186 g/mol. The fourth-order valence-electron chi connectivity index (χ4n) is 1.19. The maximum absolute atomic E-state index is 8.50. The first-order chi connectivity index (χ1) is 6.74. The molecular weight excluding hydrogens is 172 g/mol.